The maximum atomic E-state index is 13.1. The highest BCUT2D eigenvalue weighted by atomic mass is 32.1. The van der Waals surface area contributed by atoms with Crippen LogP contribution in [-0.2, 0) is 19.4 Å². The van der Waals surface area contributed by atoms with Crippen molar-refractivity contribution in [2.45, 2.75) is 32.2 Å². The van der Waals surface area contributed by atoms with Gasteiger partial charge in [0.15, 0.2) is 0 Å². The lowest BCUT2D eigenvalue weighted by molar-refractivity contribution is -0.385. The summed E-state index contributed by atoms with van der Waals surface area (Å²) in [4.78, 5) is 34.2. The number of aryl methyl sites for hydroxylation is 2. The topological polar surface area (TPSA) is 93.8 Å². The third kappa shape index (κ3) is 3.25. The van der Waals surface area contributed by atoms with E-state index >= 15 is 0 Å². The Kier molecular flexibility index (Phi) is 4.62. The van der Waals surface area contributed by atoms with E-state index in [1.165, 1.54) is 16.5 Å². The molecule has 0 saturated heterocycles. The molecular formula is C25H20N4O3S. The number of aromatic amines is 1. The quantitative estimate of drug-likeness (QED) is 0.288. The van der Waals surface area contributed by atoms with E-state index in [4.69, 9.17) is 4.98 Å². The van der Waals surface area contributed by atoms with Gasteiger partial charge >= 0.3 is 0 Å². The molecule has 0 spiro atoms. The molecule has 164 valence electrons. The van der Waals surface area contributed by atoms with Gasteiger partial charge in [-0.25, -0.2) is 4.98 Å². The van der Waals surface area contributed by atoms with Crippen molar-refractivity contribution in [1.82, 2.24) is 14.5 Å². The van der Waals surface area contributed by atoms with Gasteiger partial charge in [0.1, 0.15) is 10.7 Å². The van der Waals surface area contributed by atoms with E-state index in [0.29, 0.717) is 17.9 Å². The van der Waals surface area contributed by atoms with Crippen molar-refractivity contribution in [2.75, 3.05) is 0 Å². The van der Waals surface area contributed by atoms with Gasteiger partial charge in [-0.3, -0.25) is 14.9 Å². The van der Waals surface area contributed by atoms with Crippen molar-refractivity contribution in [2.24, 2.45) is 0 Å². The van der Waals surface area contributed by atoms with Gasteiger partial charge in [-0.15, -0.1) is 11.3 Å². The summed E-state index contributed by atoms with van der Waals surface area (Å²) in [5, 5.41) is 13.2. The van der Waals surface area contributed by atoms with E-state index < -0.39 is 0 Å². The minimum atomic E-state index is -0.354. The fourth-order valence-electron chi connectivity index (χ4n) is 4.86. The lowest BCUT2D eigenvalue weighted by Crippen LogP contribution is -2.11. The maximum Gasteiger partial charge on any atom is 0.274 e. The van der Waals surface area contributed by atoms with E-state index in [1.54, 1.807) is 29.5 Å². The molecule has 7 nitrogen and oxygen atoms in total. The van der Waals surface area contributed by atoms with Crippen LogP contribution in [0.15, 0.2) is 59.5 Å². The molecule has 5 aromatic rings. The van der Waals surface area contributed by atoms with Crippen molar-refractivity contribution in [1.29, 1.82) is 0 Å². The molecule has 0 saturated carbocycles. The molecule has 0 aliphatic heterocycles. The Bertz CT molecular complexity index is 1610. The van der Waals surface area contributed by atoms with Gasteiger partial charge in [-0.2, -0.15) is 0 Å². The minimum Gasteiger partial charge on any atom is -0.342 e. The summed E-state index contributed by atoms with van der Waals surface area (Å²) in [5.74, 6) is 0.531. The van der Waals surface area contributed by atoms with Gasteiger partial charge < -0.3 is 9.55 Å². The highest BCUT2D eigenvalue weighted by Crippen LogP contribution is 2.36. The van der Waals surface area contributed by atoms with Crippen LogP contribution in [-0.4, -0.2) is 19.5 Å². The molecule has 0 radical (unpaired) electrons. The van der Waals surface area contributed by atoms with Crippen LogP contribution in [0, 0.1) is 10.1 Å². The van der Waals surface area contributed by atoms with Gasteiger partial charge in [-0.05, 0) is 37.3 Å². The summed E-state index contributed by atoms with van der Waals surface area (Å²) in [7, 11) is 0. The number of aromatic nitrogens is 3. The Morgan fingerprint density at radius 2 is 1.88 bits per heavy atom. The fraction of sp³-hybridized carbons (Fsp3) is 0.200. The van der Waals surface area contributed by atoms with E-state index in [2.05, 4.69) is 4.98 Å². The standard InChI is InChI=1S/C25H20N4O3S/c30-24-22-17-9-3-6-12-21(17)33-25(22)27-23(26-24)18-14-28(20-11-5-2-8-16(18)20)13-15-7-1-4-10-19(15)29(31)32/h1-2,4-5,7-8,10-11,14H,3,6,9,12-13H2,(H,26,27,30). The smallest absolute Gasteiger partial charge is 0.274 e. The van der Waals surface area contributed by atoms with E-state index in [0.717, 1.165) is 52.4 Å². The van der Waals surface area contributed by atoms with Crippen LogP contribution in [0.3, 0.4) is 0 Å². The van der Waals surface area contributed by atoms with E-state index in [1.807, 2.05) is 35.0 Å². The van der Waals surface area contributed by atoms with Crippen LogP contribution in [0.2, 0.25) is 0 Å². The second kappa shape index (κ2) is 7.67. The Morgan fingerprint density at radius 3 is 2.76 bits per heavy atom. The van der Waals surface area contributed by atoms with Crippen molar-refractivity contribution in [3.63, 3.8) is 0 Å². The second-order valence-corrected chi connectivity index (χ2v) is 9.46. The van der Waals surface area contributed by atoms with Gasteiger partial charge in [-0.1, -0.05) is 36.4 Å². The van der Waals surface area contributed by atoms with Crippen LogP contribution in [0.1, 0.15) is 28.8 Å². The monoisotopic (exact) mass is 456 g/mol. The molecule has 8 heteroatoms. The third-order valence-electron chi connectivity index (χ3n) is 6.40. The molecule has 0 bridgehead atoms. The molecule has 3 heterocycles. The predicted molar refractivity (Wildman–Crippen MR) is 130 cm³/mol. The van der Waals surface area contributed by atoms with Crippen LogP contribution >= 0.6 is 11.3 Å². The first kappa shape index (κ1) is 19.9. The second-order valence-electron chi connectivity index (χ2n) is 8.38. The highest BCUT2D eigenvalue weighted by molar-refractivity contribution is 7.18. The average Bonchev–Trinajstić information content (AvgIpc) is 3.38. The Labute approximate surface area is 192 Å². The third-order valence-corrected chi connectivity index (χ3v) is 7.58. The summed E-state index contributed by atoms with van der Waals surface area (Å²) in [6.07, 6.45) is 6.15. The van der Waals surface area contributed by atoms with Gasteiger partial charge in [0.25, 0.3) is 11.2 Å². The summed E-state index contributed by atoms with van der Waals surface area (Å²) < 4.78 is 1.98. The highest BCUT2D eigenvalue weighted by Gasteiger charge is 2.22. The normalized spacial score (nSPS) is 13.5. The largest absolute Gasteiger partial charge is 0.342 e. The van der Waals surface area contributed by atoms with Crippen LogP contribution in [0.5, 0.6) is 0 Å². The zero-order valence-corrected chi connectivity index (χ0v) is 18.5. The zero-order valence-electron chi connectivity index (χ0n) is 17.7. The lowest BCUT2D eigenvalue weighted by Gasteiger charge is -2.09. The number of H-pyrrole nitrogens is 1. The molecule has 0 fully saturated rings. The van der Waals surface area contributed by atoms with Crippen molar-refractivity contribution < 1.29 is 4.92 Å². The van der Waals surface area contributed by atoms with Gasteiger partial charge in [0, 0.05) is 39.2 Å². The van der Waals surface area contributed by atoms with Crippen molar-refractivity contribution >= 4 is 38.1 Å². The first-order valence-corrected chi connectivity index (χ1v) is 11.8. The zero-order chi connectivity index (χ0) is 22.5. The van der Waals surface area contributed by atoms with Crippen LogP contribution in [0.4, 0.5) is 5.69 Å². The van der Waals surface area contributed by atoms with E-state index in [-0.39, 0.29) is 16.2 Å². The Hall–Kier alpha value is -3.78. The first-order valence-electron chi connectivity index (χ1n) is 11.0. The molecule has 3 aromatic heterocycles. The number of rotatable bonds is 4. The fourth-order valence-corrected chi connectivity index (χ4v) is 6.13. The average molecular weight is 457 g/mol. The number of para-hydroxylation sites is 2. The Morgan fingerprint density at radius 1 is 1.09 bits per heavy atom. The summed E-state index contributed by atoms with van der Waals surface area (Å²) in [5.41, 5.74) is 3.53. The molecule has 1 aliphatic carbocycles. The molecule has 0 amide bonds. The van der Waals surface area contributed by atoms with Crippen LogP contribution in [0.25, 0.3) is 32.5 Å². The number of nitrogens with one attached hydrogen (secondary N) is 1. The van der Waals surface area contributed by atoms with Crippen molar-refractivity contribution in [3.05, 3.63) is 91.2 Å². The molecule has 1 N–H and O–H groups in total. The van der Waals surface area contributed by atoms with Gasteiger partial charge in [0.2, 0.25) is 0 Å². The minimum absolute atomic E-state index is 0.0916. The van der Waals surface area contributed by atoms with Gasteiger partial charge in [0.05, 0.1) is 16.9 Å². The molecule has 2 aromatic carbocycles. The maximum absolute atomic E-state index is 13.1. The number of nitro benzene ring substituents is 1. The molecule has 0 unspecified atom stereocenters. The van der Waals surface area contributed by atoms with Crippen LogP contribution < -0.4 is 5.56 Å². The number of nitrogens with zero attached hydrogens (tertiary/aromatic N) is 3. The SMILES string of the molecule is O=c1[nH]c(-c2cn(Cc3ccccc3[N+](=O)[O-])c3ccccc23)nc2sc3c(c12)CCCC3. The summed E-state index contributed by atoms with van der Waals surface area (Å²) >= 11 is 1.63. The number of fused-ring (bicyclic) bond motifs is 4. The molecule has 1 aliphatic rings. The number of nitro groups is 1. The first-order chi connectivity index (χ1) is 16.1. The summed E-state index contributed by atoms with van der Waals surface area (Å²) in [6, 6.07) is 14.6. The lowest BCUT2D eigenvalue weighted by atomic mass is 9.97. The number of thiophene rings is 1. The van der Waals surface area contributed by atoms with E-state index in [9.17, 15) is 14.9 Å². The molecule has 0 atom stereocenters. The molecule has 6 rings (SSSR count). The number of benzene rings is 2. The number of hydrogen-bond donors (Lipinski definition) is 1. The number of hydrogen-bond acceptors (Lipinski definition) is 5. The van der Waals surface area contributed by atoms with Crippen molar-refractivity contribution in [3.8, 4) is 11.4 Å². The predicted octanol–water partition coefficient (Wildman–Crippen LogP) is 5.44. The summed E-state index contributed by atoms with van der Waals surface area (Å²) in [6.45, 7) is 0.345. The molecule has 33 heavy (non-hydrogen) atoms. The Balaban J connectivity index is 1.51. The molecular weight excluding hydrogens is 436 g/mol.